The lowest BCUT2D eigenvalue weighted by molar-refractivity contribution is 0.0122. The third-order valence-corrected chi connectivity index (χ3v) is 3.22. The predicted octanol–water partition coefficient (Wildman–Crippen LogP) is 3.23. The van der Waals surface area contributed by atoms with E-state index in [1.165, 1.54) is 0 Å². The molecule has 0 aliphatic heterocycles. The first-order valence-corrected chi connectivity index (χ1v) is 7.12. The van der Waals surface area contributed by atoms with Crippen LogP contribution in [-0.4, -0.2) is 30.4 Å². The van der Waals surface area contributed by atoms with Crippen LogP contribution in [0.1, 0.15) is 20.3 Å². The van der Waals surface area contributed by atoms with Crippen molar-refractivity contribution in [3.63, 3.8) is 0 Å². The molecule has 0 spiro atoms. The highest BCUT2D eigenvalue weighted by atomic mass is 79.9. The Labute approximate surface area is 122 Å². The van der Waals surface area contributed by atoms with Crippen LogP contribution in [0.25, 0.3) is 0 Å². The van der Waals surface area contributed by atoms with Crippen LogP contribution in [0, 0.1) is 0 Å². The van der Waals surface area contributed by atoms with Crippen molar-refractivity contribution >= 4 is 27.5 Å². The van der Waals surface area contributed by atoms with Gasteiger partial charge in [0.25, 0.3) is 0 Å². The fourth-order valence-corrected chi connectivity index (χ4v) is 2.21. The van der Waals surface area contributed by atoms with Gasteiger partial charge in [-0.1, -0.05) is 18.5 Å². The van der Waals surface area contributed by atoms with E-state index in [4.69, 9.17) is 16.3 Å². The van der Waals surface area contributed by atoms with E-state index in [1.54, 1.807) is 25.1 Å². The van der Waals surface area contributed by atoms with Crippen molar-refractivity contribution in [3.05, 3.63) is 27.7 Å². The van der Waals surface area contributed by atoms with E-state index in [0.29, 0.717) is 17.3 Å². The maximum atomic E-state index is 10.1. The molecule has 0 fully saturated rings. The Bertz CT molecular complexity index is 385. The molecule has 1 unspecified atom stereocenters. The fourth-order valence-electron chi connectivity index (χ4n) is 1.41. The van der Waals surface area contributed by atoms with E-state index in [0.717, 1.165) is 17.4 Å². The van der Waals surface area contributed by atoms with Gasteiger partial charge in [-0.05, 0) is 54.0 Å². The molecule has 18 heavy (non-hydrogen) atoms. The van der Waals surface area contributed by atoms with Crippen LogP contribution in [0.3, 0.4) is 0 Å². The Morgan fingerprint density at radius 1 is 1.50 bits per heavy atom. The molecule has 0 bridgehead atoms. The molecule has 3 nitrogen and oxygen atoms in total. The summed E-state index contributed by atoms with van der Waals surface area (Å²) in [5.41, 5.74) is -0.895. The number of hydrogen-bond donors (Lipinski definition) is 2. The van der Waals surface area contributed by atoms with Crippen molar-refractivity contribution in [2.75, 3.05) is 19.7 Å². The molecule has 0 heterocycles. The summed E-state index contributed by atoms with van der Waals surface area (Å²) >= 11 is 9.22. The molecule has 0 radical (unpaired) electrons. The largest absolute Gasteiger partial charge is 0.489 e. The van der Waals surface area contributed by atoms with Gasteiger partial charge >= 0.3 is 0 Å². The maximum Gasteiger partial charge on any atom is 0.133 e. The quantitative estimate of drug-likeness (QED) is 0.751. The Kier molecular flexibility index (Phi) is 6.43. The zero-order valence-electron chi connectivity index (χ0n) is 10.7. The number of halogens is 2. The summed E-state index contributed by atoms with van der Waals surface area (Å²) in [7, 11) is 0. The van der Waals surface area contributed by atoms with Crippen LogP contribution in [-0.2, 0) is 0 Å². The van der Waals surface area contributed by atoms with Crippen molar-refractivity contribution in [3.8, 4) is 5.75 Å². The van der Waals surface area contributed by atoms with Gasteiger partial charge in [-0.3, -0.25) is 0 Å². The van der Waals surface area contributed by atoms with Crippen molar-refractivity contribution in [2.45, 2.75) is 25.9 Å². The van der Waals surface area contributed by atoms with Crippen molar-refractivity contribution in [2.24, 2.45) is 0 Å². The summed E-state index contributed by atoms with van der Waals surface area (Å²) in [6.07, 6.45) is 1.04. The summed E-state index contributed by atoms with van der Waals surface area (Å²) in [6.45, 7) is 5.46. The van der Waals surface area contributed by atoms with Gasteiger partial charge in [-0.2, -0.15) is 0 Å². The molecule has 0 aromatic heterocycles. The van der Waals surface area contributed by atoms with Crippen LogP contribution < -0.4 is 10.1 Å². The second-order valence-corrected chi connectivity index (χ2v) is 5.83. The van der Waals surface area contributed by atoms with E-state index in [9.17, 15) is 5.11 Å². The normalized spacial score (nSPS) is 14.3. The van der Waals surface area contributed by atoms with Crippen LogP contribution in [0.4, 0.5) is 0 Å². The third kappa shape index (κ3) is 5.57. The Morgan fingerprint density at radius 3 is 2.83 bits per heavy atom. The molecule has 0 amide bonds. The van der Waals surface area contributed by atoms with Gasteiger partial charge in [0.05, 0.1) is 4.47 Å². The molecule has 1 aromatic carbocycles. The van der Waals surface area contributed by atoms with Crippen molar-refractivity contribution in [1.82, 2.24) is 5.32 Å². The molecular weight excluding hydrogens is 318 g/mol. The predicted molar refractivity (Wildman–Crippen MR) is 78.4 cm³/mol. The summed E-state index contributed by atoms with van der Waals surface area (Å²) in [5.74, 6) is 0.676. The lowest BCUT2D eigenvalue weighted by Crippen LogP contribution is -2.43. The Hall–Kier alpha value is -0.290. The SMILES string of the molecule is CCCNCC(C)(O)COc1ccc(Cl)cc1Br. The molecular formula is C13H19BrClNO2. The van der Waals surface area contributed by atoms with Gasteiger partial charge in [0.15, 0.2) is 0 Å². The van der Waals surface area contributed by atoms with Crippen LogP contribution in [0.5, 0.6) is 5.75 Å². The van der Waals surface area contributed by atoms with Gasteiger partial charge in [0.2, 0.25) is 0 Å². The van der Waals surface area contributed by atoms with E-state index in [1.807, 2.05) is 0 Å². The van der Waals surface area contributed by atoms with E-state index in [-0.39, 0.29) is 6.61 Å². The molecule has 0 saturated heterocycles. The highest BCUT2D eigenvalue weighted by molar-refractivity contribution is 9.10. The number of aliphatic hydroxyl groups is 1. The number of nitrogens with one attached hydrogen (secondary N) is 1. The number of benzene rings is 1. The van der Waals surface area contributed by atoms with Crippen LogP contribution in [0.15, 0.2) is 22.7 Å². The second kappa shape index (κ2) is 7.34. The molecule has 1 aromatic rings. The van der Waals surface area contributed by atoms with Crippen LogP contribution >= 0.6 is 27.5 Å². The first-order chi connectivity index (χ1) is 8.44. The first-order valence-electron chi connectivity index (χ1n) is 5.95. The molecule has 5 heteroatoms. The van der Waals surface area contributed by atoms with Gasteiger partial charge < -0.3 is 15.2 Å². The van der Waals surface area contributed by atoms with Gasteiger partial charge in [0, 0.05) is 11.6 Å². The number of ether oxygens (including phenoxy) is 1. The summed E-state index contributed by atoms with van der Waals surface area (Å²) in [5, 5.41) is 13.9. The van der Waals surface area contributed by atoms with Gasteiger partial charge in [0.1, 0.15) is 18.0 Å². The minimum absolute atomic E-state index is 0.226. The van der Waals surface area contributed by atoms with Crippen LogP contribution in [0.2, 0.25) is 5.02 Å². The summed E-state index contributed by atoms with van der Waals surface area (Å²) in [6, 6.07) is 5.30. The maximum absolute atomic E-state index is 10.1. The molecule has 0 aliphatic rings. The van der Waals surface area contributed by atoms with Gasteiger partial charge in [-0.25, -0.2) is 0 Å². The average Bonchev–Trinajstić information content (AvgIpc) is 2.28. The highest BCUT2D eigenvalue weighted by Gasteiger charge is 2.21. The zero-order chi connectivity index (χ0) is 13.6. The lowest BCUT2D eigenvalue weighted by atomic mass is 10.1. The standard InChI is InChI=1S/C13H19BrClNO2/c1-3-6-16-8-13(2,17)9-18-12-5-4-10(15)7-11(12)14/h4-5,7,16-17H,3,6,8-9H2,1-2H3. The Balaban J connectivity index is 2.48. The molecule has 0 saturated carbocycles. The van der Waals surface area contributed by atoms with Crippen molar-refractivity contribution in [1.29, 1.82) is 0 Å². The Morgan fingerprint density at radius 2 is 2.22 bits per heavy atom. The van der Waals surface area contributed by atoms with Crippen molar-refractivity contribution < 1.29 is 9.84 Å². The molecule has 2 N–H and O–H groups in total. The highest BCUT2D eigenvalue weighted by Crippen LogP contribution is 2.28. The van der Waals surface area contributed by atoms with E-state index >= 15 is 0 Å². The third-order valence-electron chi connectivity index (χ3n) is 2.37. The smallest absolute Gasteiger partial charge is 0.133 e. The monoisotopic (exact) mass is 335 g/mol. The van der Waals surface area contributed by atoms with E-state index in [2.05, 4.69) is 28.2 Å². The fraction of sp³-hybridized carbons (Fsp3) is 0.538. The summed E-state index contributed by atoms with van der Waals surface area (Å²) < 4.78 is 6.38. The molecule has 102 valence electrons. The minimum atomic E-state index is -0.895. The lowest BCUT2D eigenvalue weighted by Gasteiger charge is -2.24. The topological polar surface area (TPSA) is 41.5 Å². The molecule has 0 aliphatic carbocycles. The first kappa shape index (κ1) is 15.8. The minimum Gasteiger partial charge on any atom is -0.489 e. The molecule has 1 rings (SSSR count). The average molecular weight is 337 g/mol. The van der Waals surface area contributed by atoms with E-state index < -0.39 is 5.60 Å². The second-order valence-electron chi connectivity index (χ2n) is 4.54. The number of rotatable bonds is 7. The molecule has 1 atom stereocenters. The summed E-state index contributed by atoms with van der Waals surface area (Å²) in [4.78, 5) is 0. The zero-order valence-corrected chi connectivity index (χ0v) is 13.0. The van der Waals surface area contributed by atoms with Gasteiger partial charge in [-0.15, -0.1) is 0 Å². The number of hydrogen-bond acceptors (Lipinski definition) is 3.